The Bertz CT molecular complexity index is 1610. The average Bonchev–Trinajstić information content (AvgIpc) is 3.45. The van der Waals surface area contributed by atoms with Gasteiger partial charge in [-0.3, -0.25) is 4.79 Å². The second-order valence-corrected chi connectivity index (χ2v) is 12.2. The van der Waals surface area contributed by atoms with Crippen LogP contribution < -0.4 is 10.5 Å². The minimum atomic E-state index is -1.20. The second-order valence-electron chi connectivity index (χ2n) is 7.80. The van der Waals surface area contributed by atoms with Crippen molar-refractivity contribution < 1.29 is 18.3 Å². The van der Waals surface area contributed by atoms with E-state index in [1.807, 2.05) is 24.3 Å². The fourth-order valence-corrected chi connectivity index (χ4v) is 5.79. The molecule has 2 N–H and O–H groups in total. The van der Waals surface area contributed by atoms with Crippen molar-refractivity contribution in [1.82, 2.24) is 9.97 Å². The van der Waals surface area contributed by atoms with E-state index in [0.29, 0.717) is 20.4 Å². The first-order valence-corrected chi connectivity index (χ1v) is 14.0. The number of carbonyl (C=O) groups is 1. The fraction of sp³-hybridized carbons (Fsp3) is 0.160. The van der Waals surface area contributed by atoms with Crippen molar-refractivity contribution in [3.63, 3.8) is 0 Å². The monoisotopic (exact) mass is 643 g/mol. The third-order valence-electron chi connectivity index (χ3n) is 5.03. The van der Waals surface area contributed by atoms with Crippen molar-refractivity contribution >= 4 is 88.1 Å². The van der Waals surface area contributed by atoms with E-state index in [1.54, 1.807) is 30.4 Å². The van der Waals surface area contributed by atoms with Gasteiger partial charge in [-0.15, -0.1) is 22.7 Å². The van der Waals surface area contributed by atoms with Crippen LogP contribution in [0.5, 0.6) is 5.75 Å². The van der Waals surface area contributed by atoms with Gasteiger partial charge in [-0.2, -0.15) is 0 Å². The molecule has 1 amide bonds. The predicted octanol–water partition coefficient (Wildman–Crippen LogP) is 8.87. The first kappa shape index (κ1) is 27.7. The average molecular weight is 645 g/mol. The quantitative estimate of drug-likeness (QED) is 0.194. The SMILES string of the molecule is CC(Br)c1nc2cc(Cl)ccc2s1.CC(Oc1ccc(F)c(C(N)=O)c1F)c1nc2cc(Cl)ccc2s1. The molecule has 0 spiro atoms. The van der Waals surface area contributed by atoms with Crippen LogP contribution in [-0.4, -0.2) is 15.9 Å². The third kappa shape index (κ3) is 6.38. The van der Waals surface area contributed by atoms with Crippen LogP contribution in [0.1, 0.15) is 45.2 Å². The largest absolute Gasteiger partial charge is 0.480 e. The highest BCUT2D eigenvalue weighted by Crippen LogP contribution is 2.33. The normalized spacial score (nSPS) is 12.7. The first-order chi connectivity index (χ1) is 17.5. The van der Waals surface area contributed by atoms with E-state index in [1.165, 1.54) is 16.0 Å². The molecule has 0 aliphatic rings. The Kier molecular flexibility index (Phi) is 8.65. The van der Waals surface area contributed by atoms with Crippen molar-refractivity contribution in [2.24, 2.45) is 5.73 Å². The van der Waals surface area contributed by atoms with E-state index >= 15 is 0 Å². The number of hydrogen-bond donors (Lipinski definition) is 1. The molecule has 5 nitrogen and oxygen atoms in total. The van der Waals surface area contributed by atoms with Gasteiger partial charge in [0.2, 0.25) is 0 Å². The molecular weight excluding hydrogens is 627 g/mol. The maximum Gasteiger partial charge on any atom is 0.254 e. The Morgan fingerprint density at radius 1 is 0.946 bits per heavy atom. The number of thiazole rings is 2. The van der Waals surface area contributed by atoms with Gasteiger partial charge in [0.05, 0.1) is 25.3 Å². The highest BCUT2D eigenvalue weighted by molar-refractivity contribution is 9.09. The molecule has 5 aromatic rings. The van der Waals surface area contributed by atoms with E-state index in [4.69, 9.17) is 33.7 Å². The van der Waals surface area contributed by atoms with E-state index in [-0.39, 0.29) is 5.75 Å². The van der Waals surface area contributed by atoms with Gasteiger partial charge in [-0.25, -0.2) is 18.7 Å². The lowest BCUT2D eigenvalue weighted by Gasteiger charge is -2.14. The summed E-state index contributed by atoms with van der Waals surface area (Å²) in [5.41, 5.74) is 5.86. The number of primary amides is 1. The summed E-state index contributed by atoms with van der Waals surface area (Å²) >= 11 is 18.3. The number of benzene rings is 3. The number of hydrogen-bond acceptors (Lipinski definition) is 6. The summed E-state index contributed by atoms with van der Waals surface area (Å²) in [6.45, 7) is 3.74. The Morgan fingerprint density at radius 2 is 1.49 bits per heavy atom. The van der Waals surface area contributed by atoms with Crippen LogP contribution >= 0.6 is 61.8 Å². The van der Waals surface area contributed by atoms with Crippen LogP contribution in [0.4, 0.5) is 8.78 Å². The molecule has 0 saturated carbocycles. The number of halogens is 5. The van der Waals surface area contributed by atoms with Crippen LogP contribution in [0.25, 0.3) is 20.4 Å². The van der Waals surface area contributed by atoms with Crippen LogP contribution in [0.3, 0.4) is 0 Å². The third-order valence-corrected chi connectivity index (χ3v) is 8.65. The molecule has 0 aliphatic carbocycles. The van der Waals surface area contributed by atoms with Gasteiger partial charge in [0.25, 0.3) is 5.91 Å². The van der Waals surface area contributed by atoms with Gasteiger partial charge in [-0.1, -0.05) is 39.1 Å². The number of carbonyl (C=O) groups excluding carboxylic acids is 1. The van der Waals surface area contributed by atoms with Crippen LogP contribution in [0, 0.1) is 11.6 Å². The number of ether oxygens (including phenoxy) is 1. The van der Waals surface area contributed by atoms with Gasteiger partial charge in [-0.05, 0) is 62.4 Å². The summed E-state index contributed by atoms with van der Waals surface area (Å²) < 4.78 is 35.3. The molecule has 0 bridgehead atoms. The molecule has 0 radical (unpaired) electrons. The Balaban J connectivity index is 0.000000207. The number of rotatable bonds is 5. The summed E-state index contributed by atoms with van der Waals surface area (Å²) in [6, 6.07) is 13.1. The van der Waals surface area contributed by atoms with E-state index < -0.39 is 29.2 Å². The lowest BCUT2D eigenvalue weighted by atomic mass is 10.1. The number of fused-ring (bicyclic) bond motifs is 2. The van der Waals surface area contributed by atoms with Gasteiger partial charge >= 0.3 is 0 Å². The number of aromatic nitrogens is 2. The maximum absolute atomic E-state index is 14.2. The van der Waals surface area contributed by atoms with Gasteiger partial charge in [0.15, 0.2) is 11.6 Å². The Labute approximate surface area is 237 Å². The number of amides is 1. The molecule has 2 unspecified atom stereocenters. The molecule has 0 saturated heterocycles. The molecule has 0 fully saturated rings. The minimum absolute atomic E-state index is 0.269. The van der Waals surface area contributed by atoms with Gasteiger partial charge < -0.3 is 10.5 Å². The molecule has 3 aromatic carbocycles. The second kappa shape index (κ2) is 11.6. The lowest BCUT2D eigenvalue weighted by molar-refractivity contribution is 0.0990. The molecule has 192 valence electrons. The van der Waals surface area contributed by atoms with Crippen molar-refractivity contribution in [1.29, 1.82) is 0 Å². The highest BCUT2D eigenvalue weighted by atomic mass is 79.9. The van der Waals surface area contributed by atoms with Crippen LogP contribution in [-0.2, 0) is 0 Å². The molecule has 2 aromatic heterocycles. The van der Waals surface area contributed by atoms with E-state index in [9.17, 15) is 13.6 Å². The van der Waals surface area contributed by atoms with Crippen molar-refractivity contribution in [2.75, 3.05) is 0 Å². The molecule has 2 heterocycles. The van der Waals surface area contributed by atoms with Crippen LogP contribution in [0.2, 0.25) is 10.0 Å². The fourth-order valence-electron chi connectivity index (χ4n) is 3.27. The summed E-state index contributed by atoms with van der Waals surface area (Å²) in [5, 5.41) is 2.99. The first-order valence-electron chi connectivity index (χ1n) is 10.7. The van der Waals surface area contributed by atoms with Gasteiger partial charge in [0, 0.05) is 10.0 Å². The summed E-state index contributed by atoms with van der Waals surface area (Å²) in [7, 11) is 0. The lowest BCUT2D eigenvalue weighted by Crippen LogP contribution is -2.16. The van der Waals surface area contributed by atoms with E-state index in [2.05, 4.69) is 32.8 Å². The zero-order valence-electron chi connectivity index (χ0n) is 19.3. The van der Waals surface area contributed by atoms with E-state index in [0.717, 1.165) is 32.4 Å². The summed E-state index contributed by atoms with van der Waals surface area (Å²) in [5.74, 6) is -3.62. The van der Waals surface area contributed by atoms with Crippen molar-refractivity contribution in [3.05, 3.63) is 85.8 Å². The van der Waals surface area contributed by atoms with Crippen molar-refractivity contribution in [2.45, 2.75) is 24.8 Å². The number of nitrogens with two attached hydrogens (primary N) is 1. The molecule has 12 heteroatoms. The predicted molar refractivity (Wildman–Crippen MR) is 151 cm³/mol. The smallest absolute Gasteiger partial charge is 0.254 e. The maximum atomic E-state index is 14.2. The molecule has 5 rings (SSSR count). The molecule has 37 heavy (non-hydrogen) atoms. The van der Waals surface area contributed by atoms with Gasteiger partial charge in [0.1, 0.15) is 27.5 Å². The highest BCUT2D eigenvalue weighted by Gasteiger charge is 2.22. The topological polar surface area (TPSA) is 78.1 Å². The van der Waals surface area contributed by atoms with Crippen molar-refractivity contribution in [3.8, 4) is 5.75 Å². The standard InChI is InChI=1S/C16H11ClF2N2O2S.C9H7BrClNS/c1-7(16-21-10-6-8(17)2-5-12(10)24-16)23-11-4-3-9(18)13(14(11)19)15(20)22;1-5(10)9-12-7-4-6(11)2-3-8(7)13-9/h2-7H,1H3,(H2,20,22);2-5H,1H3. The summed E-state index contributed by atoms with van der Waals surface area (Å²) in [6.07, 6.45) is -0.609. The zero-order valence-corrected chi connectivity index (χ0v) is 24.0. The zero-order chi connectivity index (χ0) is 26.9. The molecule has 0 aliphatic heterocycles. The minimum Gasteiger partial charge on any atom is -0.480 e. The van der Waals surface area contributed by atoms with Crippen LogP contribution in [0.15, 0.2) is 48.5 Å². The Morgan fingerprint density at radius 3 is 2.03 bits per heavy atom. The Hall–Kier alpha value is -2.37. The number of nitrogens with zero attached hydrogens (tertiary/aromatic N) is 2. The summed E-state index contributed by atoms with van der Waals surface area (Å²) in [4.78, 5) is 20.3. The number of alkyl halides is 1. The molecule has 2 atom stereocenters. The molecular formula is C25H18BrCl2F2N3O2S2.